The van der Waals surface area contributed by atoms with Gasteiger partial charge in [0.15, 0.2) is 0 Å². The fraction of sp³-hybridized carbons (Fsp3) is 0.600. The Kier molecular flexibility index (Phi) is 4.30. The fourth-order valence-corrected chi connectivity index (χ4v) is 1.25. The standard InChI is InChI=1S/C10H15NO4/c1-8(4-3-7-14-2)15-11-9(12)5-6-10(11)13/h1,3-7H2,2H3. The third-order valence-corrected chi connectivity index (χ3v) is 2.03. The van der Waals surface area contributed by atoms with E-state index < -0.39 is 0 Å². The Bertz CT molecular complexity index is 259. The van der Waals surface area contributed by atoms with E-state index in [1.165, 1.54) is 0 Å². The molecule has 1 aliphatic heterocycles. The number of allylic oxidation sites excluding steroid dienone is 1. The molecule has 0 aromatic rings. The van der Waals surface area contributed by atoms with Gasteiger partial charge in [0.25, 0.3) is 11.8 Å². The van der Waals surface area contributed by atoms with Gasteiger partial charge < -0.3 is 9.57 Å². The van der Waals surface area contributed by atoms with Crippen LogP contribution < -0.4 is 0 Å². The molecule has 2 amide bonds. The van der Waals surface area contributed by atoms with Crippen molar-refractivity contribution in [2.45, 2.75) is 25.7 Å². The molecule has 1 aliphatic rings. The van der Waals surface area contributed by atoms with Crippen LogP contribution in [-0.2, 0) is 19.2 Å². The maximum absolute atomic E-state index is 11.2. The molecule has 1 saturated heterocycles. The van der Waals surface area contributed by atoms with E-state index in [1.807, 2.05) is 0 Å². The number of hydroxylamine groups is 2. The highest BCUT2D eigenvalue weighted by Crippen LogP contribution is 2.16. The van der Waals surface area contributed by atoms with Gasteiger partial charge in [0.05, 0.1) is 0 Å². The molecule has 0 saturated carbocycles. The normalized spacial score (nSPS) is 15.9. The predicted octanol–water partition coefficient (Wildman–Crippen LogP) is 1.01. The van der Waals surface area contributed by atoms with E-state index >= 15 is 0 Å². The average Bonchev–Trinajstić information content (AvgIpc) is 2.50. The van der Waals surface area contributed by atoms with Crippen LogP contribution in [0.3, 0.4) is 0 Å². The number of imide groups is 1. The van der Waals surface area contributed by atoms with Crippen LogP contribution in [0.25, 0.3) is 0 Å². The monoisotopic (exact) mass is 213 g/mol. The van der Waals surface area contributed by atoms with Crippen LogP contribution in [0.2, 0.25) is 0 Å². The third-order valence-electron chi connectivity index (χ3n) is 2.03. The summed E-state index contributed by atoms with van der Waals surface area (Å²) >= 11 is 0. The number of carbonyl (C=O) groups is 2. The number of carbonyl (C=O) groups excluding carboxylic acids is 2. The summed E-state index contributed by atoms with van der Waals surface area (Å²) in [6.45, 7) is 4.24. The van der Waals surface area contributed by atoms with E-state index in [1.54, 1.807) is 7.11 Å². The van der Waals surface area contributed by atoms with Crippen LogP contribution in [-0.4, -0.2) is 30.6 Å². The molecular formula is C10H15NO4. The summed E-state index contributed by atoms with van der Waals surface area (Å²) in [6.07, 6.45) is 1.78. The van der Waals surface area contributed by atoms with Crippen molar-refractivity contribution in [2.75, 3.05) is 13.7 Å². The van der Waals surface area contributed by atoms with E-state index in [9.17, 15) is 9.59 Å². The van der Waals surface area contributed by atoms with Gasteiger partial charge in [0, 0.05) is 33.0 Å². The first kappa shape index (κ1) is 11.7. The van der Waals surface area contributed by atoms with Gasteiger partial charge in [-0.3, -0.25) is 9.59 Å². The number of nitrogens with zero attached hydrogens (tertiary/aromatic N) is 1. The Labute approximate surface area is 88.6 Å². The van der Waals surface area contributed by atoms with Crippen molar-refractivity contribution in [3.05, 3.63) is 12.3 Å². The minimum atomic E-state index is -0.298. The van der Waals surface area contributed by atoms with Gasteiger partial charge in [-0.1, -0.05) is 6.58 Å². The van der Waals surface area contributed by atoms with Gasteiger partial charge in [-0.25, -0.2) is 0 Å². The molecule has 15 heavy (non-hydrogen) atoms. The smallest absolute Gasteiger partial charge is 0.263 e. The van der Waals surface area contributed by atoms with Crippen molar-refractivity contribution in [2.24, 2.45) is 0 Å². The number of amides is 2. The summed E-state index contributed by atoms with van der Waals surface area (Å²) in [4.78, 5) is 27.4. The zero-order valence-corrected chi connectivity index (χ0v) is 8.82. The molecule has 84 valence electrons. The van der Waals surface area contributed by atoms with Crippen molar-refractivity contribution < 1.29 is 19.2 Å². The van der Waals surface area contributed by atoms with Gasteiger partial charge in [-0.05, 0) is 6.42 Å². The molecule has 0 spiro atoms. The first-order chi connectivity index (χ1) is 7.15. The molecule has 1 fully saturated rings. The molecule has 0 unspecified atom stereocenters. The van der Waals surface area contributed by atoms with Gasteiger partial charge in [0.1, 0.15) is 5.76 Å². The number of hydrogen-bond donors (Lipinski definition) is 0. The maximum atomic E-state index is 11.2. The zero-order valence-electron chi connectivity index (χ0n) is 8.82. The maximum Gasteiger partial charge on any atom is 0.263 e. The lowest BCUT2D eigenvalue weighted by molar-refractivity contribution is -0.177. The Morgan fingerprint density at radius 2 is 2.00 bits per heavy atom. The molecular weight excluding hydrogens is 198 g/mol. The Morgan fingerprint density at radius 3 is 2.53 bits per heavy atom. The van der Waals surface area contributed by atoms with Crippen LogP contribution >= 0.6 is 0 Å². The summed E-state index contributed by atoms with van der Waals surface area (Å²) in [5.41, 5.74) is 0. The summed E-state index contributed by atoms with van der Waals surface area (Å²) < 4.78 is 4.86. The first-order valence-electron chi connectivity index (χ1n) is 4.85. The largest absolute Gasteiger partial charge is 0.385 e. The quantitative estimate of drug-likeness (QED) is 0.375. The SMILES string of the molecule is C=C(CCCOC)ON1C(=O)CCC1=O. The molecule has 5 heteroatoms. The van der Waals surface area contributed by atoms with Crippen molar-refractivity contribution >= 4 is 11.8 Å². The minimum Gasteiger partial charge on any atom is -0.385 e. The van der Waals surface area contributed by atoms with Gasteiger partial charge in [0.2, 0.25) is 0 Å². The minimum absolute atomic E-state index is 0.226. The number of methoxy groups -OCH3 is 1. The lowest BCUT2D eigenvalue weighted by atomic mass is 10.3. The Hall–Kier alpha value is -1.36. The third kappa shape index (κ3) is 3.36. The van der Waals surface area contributed by atoms with E-state index in [2.05, 4.69) is 6.58 Å². The van der Waals surface area contributed by atoms with Crippen LogP contribution in [0.4, 0.5) is 0 Å². The van der Waals surface area contributed by atoms with Crippen molar-refractivity contribution in [3.63, 3.8) is 0 Å². The molecule has 0 aromatic carbocycles. The van der Waals surface area contributed by atoms with E-state index in [0.29, 0.717) is 18.8 Å². The summed E-state index contributed by atoms with van der Waals surface area (Å²) in [6, 6.07) is 0. The summed E-state index contributed by atoms with van der Waals surface area (Å²) in [7, 11) is 1.61. The number of hydrogen-bond acceptors (Lipinski definition) is 4. The summed E-state index contributed by atoms with van der Waals surface area (Å²) in [5.74, 6) is -0.184. The highest BCUT2D eigenvalue weighted by molar-refractivity contribution is 6.00. The molecule has 0 radical (unpaired) electrons. The second-order valence-corrected chi connectivity index (χ2v) is 3.31. The molecule has 0 bridgehead atoms. The molecule has 1 rings (SSSR count). The van der Waals surface area contributed by atoms with Gasteiger partial charge in [-0.15, -0.1) is 5.06 Å². The zero-order chi connectivity index (χ0) is 11.3. The van der Waals surface area contributed by atoms with Crippen LogP contribution in [0.5, 0.6) is 0 Å². The van der Waals surface area contributed by atoms with Crippen molar-refractivity contribution in [1.29, 1.82) is 0 Å². The first-order valence-corrected chi connectivity index (χ1v) is 4.85. The topological polar surface area (TPSA) is 55.8 Å². The molecule has 0 atom stereocenters. The molecule has 1 heterocycles. The Morgan fingerprint density at radius 1 is 1.40 bits per heavy atom. The highest BCUT2D eigenvalue weighted by atomic mass is 16.7. The van der Waals surface area contributed by atoms with Gasteiger partial charge >= 0.3 is 0 Å². The van der Waals surface area contributed by atoms with Gasteiger partial charge in [-0.2, -0.15) is 0 Å². The van der Waals surface area contributed by atoms with Crippen LogP contribution in [0.15, 0.2) is 12.3 Å². The predicted molar refractivity (Wildman–Crippen MR) is 52.4 cm³/mol. The van der Waals surface area contributed by atoms with Crippen LogP contribution in [0.1, 0.15) is 25.7 Å². The lowest BCUT2D eigenvalue weighted by Gasteiger charge is -2.15. The highest BCUT2D eigenvalue weighted by Gasteiger charge is 2.31. The average molecular weight is 213 g/mol. The molecule has 0 aromatic heterocycles. The van der Waals surface area contributed by atoms with E-state index in [4.69, 9.17) is 9.57 Å². The van der Waals surface area contributed by atoms with Crippen molar-refractivity contribution in [1.82, 2.24) is 5.06 Å². The summed E-state index contributed by atoms with van der Waals surface area (Å²) in [5, 5.41) is 0.801. The fourth-order valence-electron chi connectivity index (χ4n) is 1.25. The van der Waals surface area contributed by atoms with E-state index in [0.717, 1.165) is 11.5 Å². The lowest BCUT2D eigenvalue weighted by Crippen LogP contribution is -2.28. The van der Waals surface area contributed by atoms with Crippen molar-refractivity contribution in [3.8, 4) is 0 Å². The van der Waals surface area contributed by atoms with Crippen LogP contribution in [0, 0.1) is 0 Å². The molecule has 0 N–H and O–H groups in total. The molecule has 5 nitrogen and oxygen atoms in total. The second kappa shape index (κ2) is 5.50. The molecule has 0 aliphatic carbocycles. The van der Waals surface area contributed by atoms with E-state index in [-0.39, 0.29) is 24.7 Å². The number of ether oxygens (including phenoxy) is 1. The Balaban J connectivity index is 2.31. The number of rotatable bonds is 6. The second-order valence-electron chi connectivity index (χ2n) is 3.31.